The van der Waals surface area contributed by atoms with Crippen LogP contribution in [0.3, 0.4) is 0 Å². The van der Waals surface area contributed by atoms with Crippen LogP contribution in [-0.4, -0.2) is 54.6 Å². The number of carbonyl (C=O) groups excluding carboxylic acids is 2. The molecule has 1 atom stereocenters. The standard InChI is InChI=1S/C22H30N2O4/c1-23(13-11-16-6-3-2-4-7-16)22(26)18-8-5-12-24(18)21(25)17-9-10-19-20(14-17)28-15-27-19/h9-10,14,16,18H,2-8,11-13,15H2,1H3. The van der Waals surface area contributed by atoms with Gasteiger partial charge in [0.1, 0.15) is 6.04 Å². The molecule has 2 amide bonds. The number of rotatable bonds is 5. The average molecular weight is 386 g/mol. The minimum absolute atomic E-state index is 0.0717. The van der Waals surface area contributed by atoms with Crippen LogP contribution in [0.1, 0.15) is 61.7 Å². The molecule has 1 aromatic rings. The van der Waals surface area contributed by atoms with Gasteiger partial charge >= 0.3 is 0 Å². The number of hydrogen-bond acceptors (Lipinski definition) is 4. The van der Waals surface area contributed by atoms with Gasteiger partial charge in [-0.3, -0.25) is 9.59 Å². The van der Waals surface area contributed by atoms with Gasteiger partial charge in [-0.2, -0.15) is 0 Å². The van der Waals surface area contributed by atoms with Crippen LogP contribution in [0.4, 0.5) is 0 Å². The second kappa shape index (κ2) is 8.41. The van der Waals surface area contributed by atoms with Crippen molar-refractivity contribution < 1.29 is 19.1 Å². The summed E-state index contributed by atoms with van der Waals surface area (Å²) < 4.78 is 10.7. The number of carbonyl (C=O) groups is 2. The van der Waals surface area contributed by atoms with Gasteiger partial charge in [-0.25, -0.2) is 0 Å². The molecule has 1 unspecified atom stereocenters. The van der Waals surface area contributed by atoms with E-state index >= 15 is 0 Å². The van der Waals surface area contributed by atoms with Crippen molar-refractivity contribution in [2.75, 3.05) is 26.9 Å². The molecule has 6 nitrogen and oxygen atoms in total. The van der Waals surface area contributed by atoms with Gasteiger partial charge in [-0.15, -0.1) is 0 Å². The largest absolute Gasteiger partial charge is 0.454 e. The summed E-state index contributed by atoms with van der Waals surface area (Å²) in [4.78, 5) is 29.7. The molecule has 4 rings (SSSR count). The second-order valence-electron chi connectivity index (χ2n) is 8.28. The zero-order valence-electron chi connectivity index (χ0n) is 16.7. The van der Waals surface area contributed by atoms with Gasteiger partial charge in [0.15, 0.2) is 11.5 Å². The molecule has 28 heavy (non-hydrogen) atoms. The first kappa shape index (κ1) is 19.1. The molecule has 152 valence electrons. The first-order valence-corrected chi connectivity index (χ1v) is 10.6. The lowest BCUT2D eigenvalue weighted by Crippen LogP contribution is -2.47. The van der Waals surface area contributed by atoms with Gasteiger partial charge in [0.25, 0.3) is 5.91 Å². The molecule has 2 fully saturated rings. The van der Waals surface area contributed by atoms with Gasteiger partial charge < -0.3 is 19.3 Å². The molecule has 0 radical (unpaired) electrons. The number of hydrogen-bond donors (Lipinski definition) is 0. The minimum Gasteiger partial charge on any atom is -0.454 e. The molecule has 1 aliphatic carbocycles. The lowest BCUT2D eigenvalue weighted by Gasteiger charge is -2.30. The summed E-state index contributed by atoms with van der Waals surface area (Å²) in [6.45, 7) is 1.59. The highest BCUT2D eigenvalue weighted by Crippen LogP contribution is 2.33. The van der Waals surface area contributed by atoms with Crippen molar-refractivity contribution >= 4 is 11.8 Å². The van der Waals surface area contributed by atoms with Crippen LogP contribution in [0.2, 0.25) is 0 Å². The molecule has 1 saturated carbocycles. The fourth-order valence-corrected chi connectivity index (χ4v) is 4.68. The zero-order valence-corrected chi connectivity index (χ0v) is 16.7. The molecular weight excluding hydrogens is 356 g/mol. The predicted octanol–water partition coefficient (Wildman–Crippen LogP) is 3.45. The van der Waals surface area contributed by atoms with Crippen molar-refractivity contribution in [1.82, 2.24) is 9.80 Å². The quantitative estimate of drug-likeness (QED) is 0.778. The van der Waals surface area contributed by atoms with E-state index in [1.807, 2.05) is 11.9 Å². The topological polar surface area (TPSA) is 59.1 Å². The maximum Gasteiger partial charge on any atom is 0.254 e. The first-order valence-electron chi connectivity index (χ1n) is 10.6. The van der Waals surface area contributed by atoms with E-state index in [1.54, 1.807) is 23.1 Å². The summed E-state index contributed by atoms with van der Waals surface area (Å²) in [6.07, 6.45) is 9.26. The Hall–Kier alpha value is -2.24. The van der Waals surface area contributed by atoms with Crippen molar-refractivity contribution in [2.24, 2.45) is 5.92 Å². The van der Waals surface area contributed by atoms with E-state index in [0.29, 0.717) is 23.6 Å². The van der Waals surface area contributed by atoms with Crippen LogP contribution in [0.15, 0.2) is 18.2 Å². The van der Waals surface area contributed by atoms with Gasteiger partial charge in [-0.05, 0) is 43.4 Å². The maximum atomic E-state index is 13.0. The third kappa shape index (κ3) is 3.96. The normalized spacial score (nSPS) is 21.8. The Morgan fingerprint density at radius 2 is 1.86 bits per heavy atom. The first-order chi connectivity index (χ1) is 13.6. The lowest BCUT2D eigenvalue weighted by atomic mass is 9.87. The number of amides is 2. The molecule has 6 heteroatoms. The molecule has 0 bridgehead atoms. The summed E-state index contributed by atoms with van der Waals surface area (Å²) in [5, 5.41) is 0. The van der Waals surface area contributed by atoms with Crippen LogP contribution >= 0.6 is 0 Å². The molecule has 1 aromatic carbocycles. The number of fused-ring (bicyclic) bond motifs is 1. The third-order valence-electron chi connectivity index (χ3n) is 6.39. The Balaban J connectivity index is 1.38. The molecule has 3 aliphatic rings. The van der Waals surface area contributed by atoms with E-state index < -0.39 is 0 Å². The third-order valence-corrected chi connectivity index (χ3v) is 6.39. The Labute approximate surface area is 166 Å². The van der Waals surface area contributed by atoms with E-state index in [1.165, 1.54) is 32.1 Å². The fraction of sp³-hybridized carbons (Fsp3) is 0.636. The van der Waals surface area contributed by atoms with Crippen LogP contribution in [0.5, 0.6) is 11.5 Å². The molecule has 2 aliphatic heterocycles. The molecule has 0 spiro atoms. The number of ether oxygens (including phenoxy) is 2. The van der Waals surface area contributed by atoms with Crippen molar-refractivity contribution in [3.8, 4) is 11.5 Å². The second-order valence-corrected chi connectivity index (χ2v) is 8.28. The Morgan fingerprint density at radius 3 is 2.68 bits per heavy atom. The summed E-state index contributed by atoms with van der Waals surface area (Å²) in [6, 6.07) is 4.88. The number of likely N-dealkylation sites (tertiary alicyclic amines) is 1. The smallest absolute Gasteiger partial charge is 0.254 e. The highest BCUT2D eigenvalue weighted by Gasteiger charge is 2.36. The molecule has 2 heterocycles. The van der Waals surface area contributed by atoms with Gasteiger partial charge in [0.05, 0.1) is 0 Å². The summed E-state index contributed by atoms with van der Waals surface area (Å²) in [5.41, 5.74) is 0.550. The Kier molecular flexibility index (Phi) is 5.74. The minimum atomic E-state index is -0.353. The summed E-state index contributed by atoms with van der Waals surface area (Å²) in [7, 11) is 1.88. The zero-order chi connectivity index (χ0) is 19.5. The van der Waals surface area contributed by atoms with E-state index in [2.05, 4.69) is 0 Å². The predicted molar refractivity (Wildman–Crippen MR) is 105 cm³/mol. The highest BCUT2D eigenvalue weighted by molar-refractivity contribution is 5.98. The van der Waals surface area contributed by atoms with E-state index in [4.69, 9.17) is 9.47 Å². The highest BCUT2D eigenvalue weighted by atomic mass is 16.7. The Morgan fingerprint density at radius 1 is 1.07 bits per heavy atom. The average Bonchev–Trinajstić information content (AvgIpc) is 3.40. The molecule has 0 N–H and O–H groups in total. The van der Waals surface area contributed by atoms with Crippen molar-refractivity contribution in [2.45, 2.75) is 57.4 Å². The summed E-state index contributed by atoms with van der Waals surface area (Å²) in [5.74, 6) is 1.97. The van der Waals surface area contributed by atoms with E-state index in [-0.39, 0.29) is 24.6 Å². The van der Waals surface area contributed by atoms with Crippen LogP contribution in [0, 0.1) is 5.92 Å². The fourth-order valence-electron chi connectivity index (χ4n) is 4.68. The van der Waals surface area contributed by atoms with Gasteiger partial charge in [-0.1, -0.05) is 32.1 Å². The van der Waals surface area contributed by atoms with Gasteiger partial charge in [0, 0.05) is 25.7 Å². The van der Waals surface area contributed by atoms with E-state index in [9.17, 15) is 9.59 Å². The number of benzene rings is 1. The van der Waals surface area contributed by atoms with Crippen LogP contribution < -0.4 is 9.47 Å². The monoisotopic (exact) mass is 386 g/mol. The van der Waals surface area contributed by atoms with E-state index in [0.717, 1.165) is 31.7 Å². The number of nitrogens with zero attached hydrogens (tertiary/aromatic N) is 2. The molecule has 0 aromatic heterocycles. The SMILES string of the molecule is CN(CCC1CCCCC1)C(=O)C1CCCN1C(=O)c1ccc2c(c1)OCO2. The maximum absolute atomic E-state index is 13.0. The van der Waals surface area contributed by atoms with Gasteiger partial charge in [0.2, 0.25) is 12.7 Å². The number of likely N-dealkylation sites (N-methyl/N-ethyl adjacent to an activating group) is 1. The summed E-state index contributed by atoms with van der Waals surface area (Å²) >= 11 is 0. The Bertz CT molecular complexity index is 729. The molecule has 1 saturated heterocycles. The van der Waals surface area contributed by atoms with Crippen molar-refractivity contribution in [3.63, 3.8) is 0 Å². The lowest BCUT2D eigenvalue weighted by molar-refractivity contribution is -0.134. The van der Waals surface area contributed by atoms with Crippen molar-refractivity contribution in [3.05, 3.63) is 23.8 Å². The van der Waals surface area contributed by atoms with Crippen LogP contribution in [0.25, 0.3) is 0 Å². The van der Waals surface area contributed by atoms with Crippen LogP contribution in [-0.2, 0) is 4.79 Å². The van der Waals surface area contributed by atoms with Crippen molar-refractivity contribution in [1.29, 1.82) is 0 Å². The molecular formula is C22H30N2O4.